The fourth-order valence-electron chi connectivity index (χ4n) is 3.82. The average Bonchev–Trinajstić information content (AvgIpc) is 3.41. The Bertz CT molecular complexity index is 1430. The van der Waals surface area contributed by atoms with Gasteiger partial charge in [0, 0.05) is 21.6 Å². The van der Waals surface area contributed by atoms with Gasteiger partial charge < -0.3 is 0 Å². The Morgan fingerprint density at radius 3 is 2.00 bits per heavy atom. The maximum absolute atomic E-state index is 5.80. The lowest BCUT2D eigenvalue weighted by Crippen LogP contribution is -1.97. The molecule has 0 spiro atoms. The van der Waals surface area contributed by atoms with Gasteiger partial charge in [0.15, 0.2) is 0 Å². The number of nitrogens with zero attached hydrogens (tertiary/aromatic N) is 1. The van der Waals surface area contributed by atoms with Crippen LogP contribution < -0.4 is 0 Å². The molecule has 142 valence electrons. The van der Waals surface area contributed by atoms with Gasteiger partial charge in [0.1, 0.15) is 9.84 Å². The Hall–Kier alpha value is -2.57. The van der Waals surface area contributed by atoms with Crippen LogP contribution in [-0.4, -0.2) is 14.7 Å². The topological polar surface area (TPSA) is 12.9 Å². The molecule has 2 aromatic heterocycles. The highest BCUT2D eigenvalue weighted by Crippen LogP contribution is 2.38. The molecule has 0 radical (unpaired) electrons. The van der Waals surface area contributed by atoms with Crippen LogP contribution in [0.3, 0.4) is 0 Å². The van der Waals surface area contributed by atoms with Gasteiger partial charge in [-0.2, -0.15) is 0 Å². The fraction of sp³-hybridized carbons (Fsp3) is 0. The molecule has 30 heavy (non-hydrogen) atoms. The van der Waals surface area contributed by atoms with Crippen LogP contribution in [0.4, 0.5) is 0 Å². The Balaban J connectivity index is 1.39. The second-order valence-corrected chi connectivity index (χ2v) is 10.1. The summed E-state index contributed by atoms with van der Waals surface area (Å²) >= 11 is 15.0. The van der Waals surface area contributed by atoms with Crippen molar-refractivity contribution in [1.82, 2.24) is 4.98 Å². The van der Waals surface area contributed by atoms with Crippen LogP contribution in [0.2, 0.25) is 0 Å². The quantitative estimate of drug-likeness (QED) is 0.200. The third kappa shape index (κ3) is 2.89. The number of allylic oxidation sites excluding steroid dienone is 1. The first-order chi connectivity index (χ1) is 14.7. The molecule has 0 bridgehead atoms. The van der Waals surface area contributed by atoms with Gasteiger partial charge >= 0.3 is 0 Å². The summed E-state index contributed by atoms with van der Waals surface area (Å²) in [5.74, 6) is 0. The molecule has 3 aromatic carbocycles. The molecule has 0 N–H and O–H groups in total. The summed E-state index contributed by atoms with van der Waals surface area (Å²) in [6.07, 6.45) is 2.06. The van der Waals surface area contributed by atoms with Crippen LogP contribution in [-0.2, 0) is 0 Å². The van der Waals surface area contributed by atoms with Crippen molar-refractivity contribution in [3.63, 3.8) is 0 Å². The van der Waals surface area contributed by atoms with E-state index in [1.54, 1.807) is 22.7 Å². The normalized spacial score (nSPS) is 13.4. The van der Waals surface area contributed by atoms with Crippen molar-refractivity contribution >= 4 is 83.2 Å². The monoisotopic (exact) mass is 455 g/mol. The van der Waals surface area contributed by atoms with Crippen molar-refractivity contribution in [3.8, 4) is 10.4 Å². The highest BCUT2D eigenvalue weighted by Gasteiger charge is 2.27. The lowest BCUT2D eigenvalue weighted by Gasteiger charge is -2.02. The van der Waals surface area contributed by atoms with Gasteiger partial charge in [-0.1, -0.05) is 79.0 Å². The van der Waals surface area contributed by atoms with Crippen LogP contribution in [0.1, 0.15) is 16.1 Å². The molecular weight excluding hydrogens is 443 g/mol. The van der Waals surface area contributed by atoms with E-state index in [-0.39, 0.29) is 0 Å². The predicted octanol–water partition coefficient (Wildman–Crippen LogP) is 7.71. The summed E-state index contributed by atoms with van der Waals surface area (Å²) in [5.41, 5.74) is 4.29. The van der Waals surface area contributed by atoms with Gasteiger partial charge in [-0.05, 0) is 40.6 Å². The smallest absolute Gasteiger partial charge is 0.135 e. The van der Waals surface area contributed by atoms with Crippen LogP contribution in [0.25, 0.3) is 36.8 Å². The van der Waals surface area contributed by atoms with Crippen molar-refractivity contribution in [2.24, 2.45) is 0 Å². The zero-order valence-corrected chi connectivity index (χ0v) is 18.9. The van der Waals surface area contributed by atoms with E-state index in [0.717, 1.165) is 36.3 Å². The first-order valence-corrected chi connectivity index (χ1v) is 11.9. The first-order valence-electron chi connectivity index (χ1n) is 9.47. The van der Waals surface area contributed by atoms with E-state index < -0.39 is 0 Å². The Labute approximate surface area is 192 Å². The minimum Gasteiger partial charge on any atom is -0.226 e. The standard InChI is InChI=1S/C25H13NS4/c27-23-17-10-15-8-4-5-9-16(15)11-18(17)24(28)19(23)12-22-26-25-21(29-22)13-20(30-25)14-6-2-1-3-7-14/h1-13H. The van der Waals surface area contributed by atoms with Crippen molar-refractivity contribution in [2.45, 2.75) is 0 Å². The minimum absolute atomic E-state index is 0.823. The fourth-order valence-corrected chi connectivity index (χ4v) is 6.72. The van der Waals surface area contributed by atoms with E-state index in [1.807, 2.05) is 18.2 Å². The molecule has 0 saturated carbocycles. The van der Waals surface area contributed by atoms with Crippen molar-refractivity contribution in [2.75, 3.05) is 0 Å². The van der Waals surface area contributed by atoms with E-state index in [2.05, 4.69) is 60.7 Å². The highest BCUT2D eigenvalue weighted by atomic mass is 32.1. The molecule has 0 unspecified atom stereocenters. The molecule has 0 fully saturated rings. The van der Waals surface area contributed by atoms with Gasteiger partial charge in [0.05, 0.1) is 14.4 Å². The van der Waals surface area contributed by atoms with Gasteiger partial charge in [-0.25, -0.2) is 4.98 Å². The molecule has 1 nitrogen and oxygen atoms in total. The zero-order chi connectivity index (χ0) is 20.2. The van der Waals surface area contributed by atoms with Gasteiger partial charge in [0.2, 0.25) is 0 Å². The highest BCUT2D eigenvalue weighted by molar-refractivity contribution is 7.84. The van der Waals surface area contributed by atoms with E-state index in [9.17, 15) is 0 Å². The number of thiocarbonyl (C=S) groups is 2. The number of thiazole rings is 1. The number of hydrogen-bond donors (Lipinski definition) is 0. The largest absolute Gasteiger partial charge is 0.226 e. The van der Waals surface area contributed by atoms with E-state index in [4.69, 9.17) is 29.4 Å². The number of fused-ring (bicyclic) bond motifs is 3. The molecule has 2 heterocycles. The lowest BCUT2D eigenvalue weighted by atomic mass is 10.0. The number of benzene rings is 3. The second kappa shape index (κ2) is 7.00. The van der Waals surface area contributed by atoms with Crippen molar-refractivity contribution in [1.29, 1.82) is 0 Å². The average molecular weight is 456 g/mol. The summed E-state index contributed by atoms with van der Waals surface area (Å²) in [7, 11) is 0. The van der Waals surface area contributed by atoms with E-state index in [0.29, 0.717) is 0 Å². The summed E-state index contributed by atoms with van der Waals surface area (Å²) in [5, 5.41) is 3.32. The SMILES string of the molecule is S=C1C(=Cc2nc3sc(-c4ccccc4)cc3s2)C(=S)c2cc3ccccc3cc21. The molecule has 1 aliphatic rings. The molecule has 6 rings (SSSR count). The molecule has 0 atom stereocenters. The summed E-state index contributed by atoms with van der Waals surface area (Å²) in [6.45, 7) is 0. The van der Waals surface area contributed by atoms with Crippen LogP contribution in [0.5, 0.6) is 0 Å². The van der Waals surface area contributed by atoms with E-state index in [1.165, 1.54) is 25.9 Å². The van der Waals surface area contributed by atoms with Crippen LogP contribution >= 0.6 is 47.1 Å². The lowest BCUT2D eigenvalue weighted by molar-refractivity contribution is 1.49. The van der Waals surface area contributed by atoms with Crippen molar-refractivity contribution in [3.05, 3.63) is 94.5 Å². The summed E-state index contributed by atoms with van der Waals surface area (Å²) in [6, 6.07) is 25.3. The summed E-state index contributed by atoms with van der Waals surface area (Å²) in [4.78, 5) is 8.80. The number of aromatic nitrogens is 1. The molecule has 1 aliphatic carbocycles. The molecule has 0 saturated heterocycles. The molecule has 0 amide bonds. The number of rotatable bonds is 2. The Morgan fingerprint density at radius 1 is 0.733 bits per heavy atom. The molecular formula is C25H13NS4. The Kier molecular flexibility index (Phi) is 4.25. The zero-order valence-electron chi connectivity index (χ0n) is 15.6. The number of hydrogen-bond acceptors (Lipinski definition) is 5. The third-order valence-corrected chi connectivity index (χ3v) is 8.33. The van der Waals surface area contributed by atoms with Crippen LogP contribution in [0.15, 0.2) is 78.4 Å². The minimum atomic E-state index is 0.823. The van der Waals surface area contributed by atoms with Gasteiger partial charge in [-0.3, -0.25) is 0 Å². The number of thiophene rings is 1. The molecule has 5 aromatic rings. The molecule has 0 aliphatic heterocycles. The Morgan fingerprint density at radius 2 is 1.37 bits per heavy atom. The second-order valence-electron chi connectivity index (χ2n) is 7.16. The van der Waals surface area contributed by atoms with Gasteiger partial charge in [-0.15, -0.1) is 22.7 Å². The summed E-state index contributed by atoms with van der Waals surface area (Å²) < 4.78 is 1.20. The van der Waals surface area contributed by atoms with Crippen molar-refractivity contribution < 1.29 is 0 Å². The molecule has 5 heteroatoms. The van der Waals surface area contributed by atoms with Crippen LogP contribution in [0, 0.1) is 0 Å². The third-order valence-electron chi connectivity index (χ3n) is 5.30. The van der Waals surface area contributed by atoms with Gasteiger partial charge in [0.25, 0.3) is 0 Å². The predicted molar refractivity (Wildman–Crippen MR) is 138 cm³/mol. The first kappa shape index (κ1) is 18.2. The maximum Gasteiger partial charge on any atom is 0.135 e. The van der Waals surface area contributed by atoms with E-state index >= 15 is 0 Å². The maximum atomic E-state index is 5.80.